The fraction of sp³-hybridized carbons (Fsp3) is 0.0526. The molecule has 184 valence electrons. The third-order valence-corrected chi connectivity index (χ3v) is 9.34. The second kappa shape index (κ2) is 9.08. The number of thiophene rings is 1. The summed E-state index contributed by atoms with van der Waals surface area (Å²) < 4.78 is 2.69. The Balaban J connectivity index is 1.36. The van der Waals surface area contributed by atoms with Crippen molar-refractivity contribution in [2.45, 2.75) is 12.3 Å². The Kier molecular flexibility index (Phi) is 5.24. The summed E-state index contributed by atoms with van der Waals surface area (Å²) in [6.45, 7) is 0. The molecule has 0 fully saturated rings. The van der Waals surface area contributed by atoms with Crippen LogP contribution in [0.3, 0.4) is 0 Å². The van der Waals surface area contributed by atoms with Crippen LogP contribution in [0.5, 0.6) is 0 Å². The minimum atomic E-state index is 0.462. The molecule has 1 aromatic heterocycles. The molecule has 1 unspecified atom stereocenters. The zero-order valence-electron chi connectivity index (χ0n) is 21.5. The molecule has 0 nitrogen and oxygen atoms in total. The molecule has 0 amide bonds. The Morgan fingerprint density at radius 1 is 0.487 bits per heavy atom. The lowest BCUT2D eigenvalue weighted by molar-refractivity contribution is 0.854. The van der Waals surface area contributed by atoms with E-state index in [1.165, 1.54) is 69.5 Å². The van der Waals surface area contributed by atoms with Crippen molar-refractivity contribution in [3.8, 4) is 22.3 Å². The summed E-state index contributed by atoms with van der Waals surface area (Å²) in [5, 5.41) is 7.89. The van der Waals surface area contributed by atoms with Crippen LogP contribution in [-0.4, -0.2) is 0 Å². The van der Waals surface area contributed by atoms with Gasteiger partial charge in [0.05, 0.1) is 0 Å². The molecule has 8 rings (SSSR count). The van der Waals surface area contributed by atoms with E-state index in [2.05, 4.69) is 140 Å². The molecule has 0 saturated heterocycles. The fourth-order valence-corrected chi connectivity index (χ4v) is 7.50. The largest absolute Gasteiger partial charge is 0.135 e. The van der Waals surface area contributed by atoms with Crippen LogP contribution in [0.1, 0.15) is 17.9 Å². The number of fused-ring (bicyclic) bond motifs is 5. The molecule has 0 spiro atoms. The van der Waals surface area contributed by atoms with Crippen molar-refractivity contribution in [1.82, 2.24) is 0 Å². The van der Waals surface area contributed by atoms with Gasteiger partial charge in [-0.1, -0.05) is 127 Å². The van der Waals surface area contributed by atoms with Gasteiger partial charge in [-0.15, -0.1) is 11.3 Å². The van der Waals surface area contributed by atoms with Crippen molar-refractivity contribution >= 4 is 53.1 Å². The van der Waals surface area contributed by atoms with E-state index < -0.39 is 0 Å². The highest BCUT2D eigenvalue weighted by Crippen LogP contribution is 2.45. The van der Waals surface area contributed by atoms with Gasteiger partial charge < -0.3 is 0 Å². The average Bonchev–Trinajstić information content (AvgIpc) is 3.38. The molecule has 6 aromatic carbocycles. The van der Waals surface area contributed by atoms with Crippen molar-refractivity contribution in [3.05, 3.63) is 145 Å². The van der Waals surface area contributed by atoms with E-state index in [1.807, 2.05) is 11.3 Å². The highest BCUT2D eigenvalue weighted by atomic mass is 32.1. The quantitative estimate of drug-likeness (QED) is 0.206. The fourth-order valence-electron chi connectivity index (χ4n) is 6.36. The first kappa shape index (κ1) is 22.5. The van der Waals surface area contributed by atoms with E-state index in [0.717, 1.165) is 6.42 Å². The first-order valence-electron chi connectivity index (χ1n) is 13.6. The molecule has 1 heteroatoms. The number of allylic oxidation sites excluding steroid dienone is 4. The van der Waals surface area contributed by atoms with Crippen molar-refractivity contribution in [3.63, 3.8) is 0 Å². The summed E-state index contributed by atoms with van der Waals surface area (Å²) in [5.74, 6) is 0.462. The predicted molar refractivity (Wildman–Crippen MR) is 171 cm³/mol. The molecule has 0 aliphatic heterocycles. The van der Waals surface area contributed by atoms with Crippen molar-refractivity contribution in [2.75, 3.05) is 0 Å². The monoisotopic (exact) mass is 514 g/mol. The Hall–Kier alpha value is -4.46. The van der Waals surface area contributed by atoms with E-state index in [9.17, 15) is 0 Å². The first-order valence-corrected chi connectivity index (χ1v) is 14.5. The van der Waals surface area contributed by atoms with Gasteiger partial charge in [0.25, 0.3) is 0 Å². The smallest absolute Gasteiger partial charge is 0.0361 e. The lowest BCUT2D eigenvalue weighted by Gasteiger charge is -2.19. The molecule has 1 aliphatic carbocycles. The van der Waals surface area contributed by atoms with E-state index in [0.29, 0.717) is 5.92 Å². The summed E-state index contributed by atoms with van der Waals surface area (Å²) in [5.41, 5.74) is 6.56. The normalized spacial score (nSPS) is 15.1. The standard InChI is InChI=1S/C38H26S/c1-2-10-25(11-3-1)26-18-20-27(21-19-26)37-31-13-4-6-15-33(31)38(34-16-7-5-14-32(34)37)28-22-23-30-29-12-8-9-17-35(29)39-36(30)24-28/h1-10,12-25H,11H2. The zero-order chi connectivity index (χ0) is 25.8. The van der Waals surface area contributed by atoms with Gasteiger partial charge in [0.2, 0.25) is 0 Å². The Morgan fingerprint density at radius 2 is 1.05 bits per heavy atom. The van der Waals surface area contributed by atoms with Crippen LogP contribution < -0.4 is 0 Å². The molecular formula is C38H26S. The molecule has 7 aromatic rings. The van der Waals surface area contributed by atoms with Crippen molar-refractivity contribution < 1.29 is 0 Å². The SMILES string of the molecule is C1=CCC(c2ccc(-c3c4ccccc4c(-c4ccc5c(c4)sc4ccccc45)c4ccccc34)cc2)C=C1. The molecule has 39 heavy (non-hydrogen) atoms. The van der Waals surface area contributed by atoms with Gasteiger partial charge in [0.15, 0.2) is 0 Å². The van der Waals surface area contributed by atoms with Gasteiger partial charge in [-0.05, 0) is 67.9 Å². The lowest BCUT2D eigenvalue weighted by atomic mass is 9.85. The number of rotatable bonds is 3. The summed E-state index contributed by atoms with van der Waals surface area (Å²) in [4.78, 5) is 0. The minimum absolute atomic E-state index is 0.462. The minimum Gasteiger partial charge on any atom is -0.135 e. The van der Waals surface area contributed by atoms with Crippen molar-refractivity contribution in [1.29, 1.82) is 0 Å². The molecule has 1 heterocycles. The van der Waals surface area contributed by atoms with Gasteiger partial charge >= 0.3 is 0 Å². The predicted octanol–water partition coefficient (Wildman–Crippen LogP) is 11.3. The van der Waals surface area contributed by atoms with Crippen LogP contribution in [0.4, 0.5) is 0 Å². The Labute approximate surface area is 232 Å². The van der Waals surface area contributed by atoms with Gasteiger partial charge in [0, 0.05) is 26.1 Å². The second-order valence-corrected chi connectivity index (χ2v) is 11.5. The Bertz CT molecular complexity index is 2030. The molecule has 0 radical (unpaired) electrons. The highest BCUT2D eigenvalue weighted by molar-refractivity contribution is 7.25. The van der Waals surface area contributed by atoms with Crippen LogP contribution in [0.15, 0.2) is 140 Å². The topological polar surface area (TPSA) is 0 Å². The van der Waals surface area contributed by atoms with E-state index in [1.54, 1.807) is 0 Å². The molecule has 0 N–H and O–H groups in total. The average molecular weight is 515 g/mol. The first-order chi connectivity index (χ1) is 19.3. The zero-order valence-corrected chi connectivity index (χ0v) is 22.3. The summed E-state index contributed by atoms with van der Waals surface area (Å²) >= 11 is 1.89. The summed E-state index contributed by atoms with van der Waals surface area (Å²) in [6, 6.07) is 42.9. The maximum Gasteiger partial charge on any atom is 0.0361 e. The van der Waals surface area contributed by atoms with Crippen LogP contribution in [0, 0.1) is 0 Å². The molecule has 1 atom stereocenters. The van der Waals surface area contributed by atoms with Gasteiger partial charge in [-0.3, -0.25) is 0 Å². The van der Waals surface area contributed by atoms with Gasteiger partial charge in [-0.2, -0.15) is 0 Å². The van der Waals surface area contributed by atoms with Gasteiger partial charge in [-0.25, -0.2) is 0 Å². The third-order valence-electron chi connectivity index (χ3n) is 8.21. The number of benzene rings is 6. The maximum absolute atomic E-state index is 2.40. The van der Waals surface area contributed by atoms with Crippen molar-refractivity contribution in [2.24, 2.45) is 0 Å². The summed E-state index contributed by atoms with van der Waals surface area (Å²) in [6.07, 6.45) is 9.94. The Morgan fingerprint density at radius 3 is 1.69 bits per heavy atom. The van der Waals surface area contributed by atoms with E-state index >= 15 is 0 Å². The maximum atomic E-state index is 2.40. The summed E-state index contributed by atoms with van der Waals surface area (Å²) in [7, 11) is 0. The highest BCUT2D eigenvalue weighted by Gasteiger charge is 2.18. The third kappa shape index (κ3) is 3.66. The molecule has 0 saturated carbocycles. The molecule has 0 bridgehead atoms. The van der Waals surface area contributed by atoms with Crippen LogP contribution in [0.2, 0.25) is 0 Å². The number of hydrogen-bond donors (Lipinski definition) is 0. The lowest BCUT2D eigenvalue weighted by Crippen LogP contribution is -1.96. The van der Waals surface area contributed by atoms with E-state index in [-0.39, 0.29) is 0 Å². The second-order valence-electron chi connectivity index (χ2n) is 10.4. The molecule has 1 aliphatic rings. The van der Waals surface area contributed by atoms with Crippen LogP contribution in [-0.2, 0) is 0 Å². The number of hydrogen-bond acceptors (Lipinski definition) is 1. The van der Waals surface area contributed by atoms with Crippen LogP contribution in [0.25, 0.3) is 64.0 Å². The molecular weight excluding hydrogens is 488 g/mol. The van der Waals surface area contributed by atoms with Gasteiger partial charge in [0.1, 0.15) is 0 Å². The van der Waals surface area contributed by atoms with E-state index in [4.69, 9.17) is 0 Å². The van der Waals surface area contributed by atoms with Crippen LogP contribution >= 0.6 is 11.3 Å².